The number of nitrogens with zero attached hydrogens (tertiary/aromatic N) is 1. The lowest BCUT2D eigenvalue weighted by Crippen LogP contribution is -2.37. The molecule has 6 heteroatoms. The van der Waals surface area contributed by atoms with E-state index in [0.717, 1.165) is 21.2 Å². The largest absolute Gasteiger partial charge is 0.495 e. The van der Waals surface area contributed by atoms with E-state index >= 15 is 0 Å². The first kappa shape index (κ1) is 19.2. The first-order valence-electron chi connectivity index (χ1n) is 8.70. The molecular weight excluding hydrogens is 460 g/mol. The molecule has 0 aromatic heterocycles. The van der Waals surface area contributed by atoms with Crippen molar-refractivity contribution in [2.24, 2.45) is 0 Å². The van der Waals surface area contributed by atoms with Gasteiger partial charge in [-0.05, 0) is 78.5 Å². The van der Waals surface area contributed by atoms with Crippen LogP contribution in [0.4, 0.5) is 11.4 Å². The Morgan fingerprint density at radius 3 is 2.58 bits per heavy atom. The number of amides is 1. The quantitative estimate of drug-likeness (QED) is 0.595. The number of benzene rings is 2. The van der Waals surface area contributed by atoms with E-state index in [-0.39, 0.29) is 5.91 Å². The number of carbonyl (C=O) groups excluding carboxylic acids is 1. The summed E-state index contributed by atoms with van der Waals surface area (Å²) in [4.78, 5) is 15.1. The second-order valence-corrected chi connectivity index (χ2v) is 8.28. The maximum atomic E-state index is 12.7. The summed E-state index contributed by atoms with van der Waals surface area (Å²) in [5, 5.41) is 2.95. The molecule has 1 atom stereocenters. The van der Waals surface area contributed by atoms with Crippen molar-refractivity contribution in [1.82, 2.24) is 0 Å². The van der Waals surface area contributed by atoms with Crippen molar-refractivity contribution in [1.29, 1.82) is 0 Å². The van der Waals surface area contributed by atoms with E-state index in [1.807, 2.05) is 18.2 Å². The van der Waals surface area contributed by atoms with Crippen molar-refractivity contribution in [3.63, 3.8) is 0 Å². The van der Waals surface area contributed by atoms with Gasteiger partial charge in [0.1, 0.15) is 5.75 Å². The number of hydrogen-bond donors (Lipinski definition) is 1. The number of rotatable bonds is 4. The number of hydrogen-bond acceptors (Lipinski definition) is 3. The van der Waals surface area contributed by atoms with E-state index in [1.54, 1.807) is 13.2 Å². The van der Waals surface area contributed by atoms with E-state index in [0.29, 0.717) is 17.4 Å². The zero-order valence-corrected chi connectivity index (χ0v) is 18.1. The lowest BCUT2D eigenvalue weighted by atomic mass is 10.0. The highest BCUT2D eigenvalue weighted by atomic mass is 79.9. The van der Waals surface area contributed by atoms with Gasteiger partial charge in [-0.15, -0.1) is 0 Å². The Kier molecular flexibility index (Phi) is 6.24. The smallest absolute Gasteiger partial charge is 0.259 e. The van der Waals surface area contributed by atoms with E-state index in [2.05, 4.69) is 61.1 Å². The second-order valence-electron chi connectivity index (χ2n) is 6.51. The minimum atomic E-state index is -0.206. The molecule has 0 radical (unpaired) electrons. The first-order chi connectivity index (χ1) is 12.5. The Labute approximate surface area is 171 Å². The fraction of sp³-hybridized carbons (Fsp3) is 0.350. The van der Waals surface area contributed by atoms with Crippen molar-refractivity contribution >= 4 is 49.1 Å². The number of methoxy groups -OCH3 is 1. The third kappa shape index (κ3) is 4.23. The molecule has 0 saturated carbocycles. The standard InChI is InChI=1S/C20H22Br2N2O2/c1-13-5-3-4-10-24(13)16-8-6-15(7-9-16)23-20(25)17-11-14(21)12-18(22)19(17)26-2/h6-9,11-13H,3-5,10H2,1-2H3,(H,23,25)/t13-/m0/s1. The normalized spacial score (nSPS) is 17.1. The third-order valence-corrected chi connectivity index (χ3v) is 5.76. The van der Waals surface area contributed by atoms with Gasteiger partial charge in [0.05, 0.1) is 17.1 Å². The van der Waals surface area contributed by atoms with Gasteiger partial charge in [0, 0.05) is 28.4 Å². The molecule has 3 rings (SSSR count). The lowest BCUT2D eigenvalue weighted by Gasteiger charge is -2.35. The van der Waals surface area contributed by atoms with E-state index in [1.165, 1.54) is 24.9 Å². The molecule has 0 aliphatic carbocycles. The molecule has 1 saturated heterocycles. The molecule has 1 N–H and O–H groups in total. The van der Waals surface area contributed by atoms with Gasteiger partial charge in [-0.3, -0.25) is 4.79 Å². The molecular formula is C20H22Br2N2O2. The summed E-state index contributed by atoms with van der Waals surface area (Å²) in [5.74, 6) is 0.312. The van der Waals surface area contributed by atoms with Crippen molar-refractivity contribution in [3.05, 3.63) is 50.9 Å². The number of nitrogens with one attached hydrogen (secondary N) is 1. The van der Waals surface area contributed by atoms with Crippen molar-refractivity contribution in [2.45, 2.75) is 32.2 Å². The summed E-state index contributed by atoms with van der Waals surface area (Å²) >= 11 is 6.85. The lowest BCUT2D eigenvalue weighted by molar-refractivity contribution is 0.102. The molecule has 2 aromatic carbocycles. The molecule has 138 valence electrons. The van der Waals surface area contributed by atoms with Crippen molar-refractivity contribution in [3.8, 4) is 5.75 Å². The molecule has 2 aromatic rings. The fourth-order valence-electron chi connectivity index (χ4n) is 3.35. The van der Waals surface area contributed by atoms with Crippen LogP contribution < -0.4 is 15.0 Å². The second kappa shape index (κ2) is 8.44. The zero-order valence-electron chi connectivity index (χ0n) is 14.9. The molecule has 1 heterocycles. The monoisotopic (exact) mass is 480 g/mol. The predicted molar refractivity (Wildman–Crippen MR) is 113 cm³/mol. The Morgan fingerprint density at radius 2 is 1.92 bits per heavy atom. The van der Waals surface area contributed by atoms with Gasteiger partial charge >= 0.3 is 0 Å². The van der Waals surface area contributed by atoms with E-state index < -0.39 is 0 Å². The van der Waals surface area contributed by atoms with Crippen LogP contribution in [-0.4, -0.2) is 25.6 Å². The summed E-state index contributed by atoms with van der Waals surface area (Å²) in [5.41, 5.74) is 2.45. The van der Waals surface area contributed by atoms with Gasteiger partial charge in [0.25, 0.3) is 5.91 Å². The molecule has 0 unspecified atom stereocenters. The van der Waals surface area contributed by atoms with Crippen LogP contribution in [-0.2, 0) is 0 Å². The third-order valence-electron chi connectivity index (χ3n) is 4.72. The van der Waals surface area contributed by atoms with E-state index in [4.69, 9.17) is 4.74 Å². The summed E-state index contributed by atoms with van der Waals surface area (Å²) in [6.45, 7) is 3.36. The summed E-state index contributed by atoms with van der Waals surface area (Å²) in [6.07, 6.45) is 3.77. The van der Waals surface area contributed by atoms with Crippen molar-refractivity contribution < 1.29 is 9.53 Å². The molecule has 26 heavy (non-hydrogen) atoms. The van der Waals surface area contributed by atoms with Gasteiger partial charge < -0.3 is 15.0 Å². The summed E-state index contributed by atoms with van der Waals surface area (Å²) < 4.78 is 6.91. The van der Waals surface area contributed by atoms with Gasteiger partial charge in [-0.1, -0.05) is 15.9 Å². The van der Waals surface area contributed by atoms with Crippen LogP contribution in [0.2, 0.25) is 0 Å². The van der Waals surface area contributed by atoms with Gasteiger partial charge in [0.2, 0.25) is 0 Å². The number of halogens is 2. The molecule has 0 bridgehead atoms. The molecule has 4 nitrogen and oxygen atoms in total. The van der Waals surface area contributed by atoms with Crippen LogP contribution in [0.15, 0.2) is 45.3 Å². The fourth-order valence-corrected chi connectivity index (χ4v) is 4.74. The predicted octanol–water partition coefficient (Wildman–Crippen LogP) is 5.85. The SMILES string of the molecule is COc1c(Br)cc(Br)cc1C(=O)Nc1ccc(N2CCCC[C@@H]2C)cc1. The molecule has 1 aliphatic rings. The van der Waals surface area contributed by atoms with Crippen LogP contribution in [0.3, 0.4) is 0 Å². The van der Waals surface area contributed by atoms with Gasteiger partial charge in [-0.25, -0.2) is 0 Å². The topological polar surface area (TPSA) is 41.6 Å². The highest BCUT2D eigenvalue weighted by Gasteiger charge is 2.19. The number of ether oxygens (including phenoxy) is 1. The van der Waals surface area contributed by atoms with Crippen LogP contribution in [0, 0.1) is 0 Å². The maximum Gasteiger partial charge on any atom is 0.259 e. The minimum Gasteiger partial charge on any atom is -0.495 e. The van der Waals surface area contributed by atoms with Crippen LogP contribution in [0.1, 0.15) is 36.5 Å². The number of anilines is 2. The average Bonchev–Trinajstić information content (AvgIpc) is 2.62. The molecule has 1 aliphatic heterocycles. The van der Waals surface area contributed by atoms with Gasteiger partial charge in [-0.2, -0.15) is 0 Å². The molecule has 1 fully saturated rings. The van der Waals surface area contributed by atoms with Crippen LogP contribution in [0.5, 0.6) is 5.75 Å². The minimum absolute atomic E-state index is 0.206. The summed E-state index contributed by atoms with van der Waals surface area (Å²) in [6, 6.07) is 12.2. The Balaban J connectivity index is 1.76. The van der Waals surface area contributed by atoms with Crippen LogP contribution in [0.25, 0.3) is 0 Å². The van der Waals surface area contributed by atoms with Crippen LogP contribution >= 0.6 is 31.9 Å². The maximum absolute atomic E-state index is 12.7. The van der Waals surface area contributed by atoms with Gasteiger partial charge in [0.15, 0.2) is 0 Å². The highest BCUT2D eigenvalue weighted by Crippen LogP contribution is 2.33. The Hall–Kier alpha value is -1.53. The first-order valence-corrected chi connectivity index (χ1v) is 10.3. The molecule has 0 spiro atoms. The molecule has 1 amide bonds. The Bertz CT molecular complexity index is 793. The number of piperidine rings is 1. The average molecular weight is 482 g/mol. The number of carbonyl (C=O) groups is 1. The Morgan fingerprint density at radius 1 is 1.19 bits per heavy atom. The zero-order chi connectivity index (χ0) is 18.7. The highest BCUT2D eigenvalue weighted by molar-refractivity contribution is 9.11. The van der Waals surface area contributed by atoms with Crippen molar-refractivity contribution in [2.75, 3.05) is 23.9 Å². The van der Waals surface area contributed by atoms with E-state index in [9.17, 15) is 4.79 Å². The summed E-state index contributed by atoms with van der Waals surface area (Å²) in [7, 11) is 1.55.